The number of hydrogen-bond donors (Lipinski definition) is 1. The second kappa shape index (κ2) is 22.9. The highest BCUT2D eigenvalue weighted by Gasteiger charge is 1.97. The van der Waals surface area contributed by atoms with Gasteiger partial charge in [-0.25, -0.2) is 0 Å². The van der Waals surface area contributed by atoms with Crippen LogP contribution in [0.25, 0.3) is 0 Å². The molecule has 25 heavy (non-hydrogen) atoms. The van der Waals surface area contributed by atoms with Gasteiger partial charge in [0.2, 0.25) is 6.41 Å². The SMILES string of the molecule is CCCCCCCCCCCCCCCCCC(=O)O.CN(C)C=O. The normalized spacial score (nSPS) is 10.0. The fraction of sp³-hybridized carbons (Fsp3) is 0.905. The van der Waals surface area contributed by atoms with E-state index < -0.39 is 5.97 Å². The molecule has 0 rings (SSSR count). The molecule has 0 atom stereocenters. The van der Waals surface area contributed by atoms with Crippen LogP contribution in [-0.2, 0) is 9.59 Å². The van der Waals surface area contributed by atoms with Crippen LogP contribution in [0.5, 0.6) is 0 Å². The van der Waals surface area contributed by atoms with E-state index in [0.717, 1.165) is 19.3 Å². The van der Waals surface area contributed by atoms with Crippen molar-refractivity contribution in [3.63, 3.8) is 0 Å². The van der Waals surface area contributed by atoms with Crippen LogP contribution in [0.1, 0.15) is 110 Å². The summed E-state index contributed by atoms with van der Waals surface area (Å²) < 4.78 is 0. The van der Waals surface area contributed by atoms with Gasteiger partial charge in [-0.15, -0.1) is 0 Å². The van der Waals surface area contributed by atoms with E-state index in [2.05, 4.69) is 6.92 Å². The van der Waals surface area contributed by atoms with Crippen molar-refractivity contribution in [3.8, 4) is 0 Å². The molecule has 0 saturated carbocycles. The van der Waals surface area contributed by atoms with Crippen molar-refractivity contribution in [3.05, 3.63) is 0 Å². The molecule has 1 N–H and O–H groups in total. The number of rotatable bonds is 17. The predicted molar refractivity (Wildman–Crippen MR) is 107 cm³/mol. The third-order valence-electron chi connectivity index (χ3n) is 4.21. The van der Waals surface area contributed by atoms with Gasteiger partial charge < -0.3 is 10.0 Å². The van der Waals surface area contributed by atoms with Crippen molar-refractivity contribution in [2.75, 3.05) is 14.1 Å². The van der Waals surface area contributed by atoms with Gasteiger partial charge >= 0.3 is 5.97 Å². The Kier molecular flexibility index (Phi) is 24.0. The lowest BCUT2D eigenvalue weighted by Gasteiger charge is -2.03. The molecule has 0 aromatic carbocycles. The molecule has 1 amide bonds. The number of unbranched alkanes of at least 4 members (excludes halogenated alkanes) is 14. The number of hydrogen-bond acceptors (Lipinski definition) is 2. The number of carbonyl (C=O) groups is 2. The smallest absolute Gasteiger partial charge is 0.303 e. The lowest BCUT2D eigenvalue weighted by molar-refractivity contribution is -0.137. The summed E-state index contributed by atoms with van der Waals surface area (Å²) in [7, 11) is 3.38. The molecule has 150 valence electrons. The molecule has 0 spiro atoms. The Morgan fingerprint density at radius 1 is 0.720 bits per heavy atom. The van der Waals surface area contributed by atoms with Gasteiger partial charge in [0.15, 0.2) is 0 Å². The van der Waals surface area contributed by atoms with Gasteiger partial charge in [0.25, 0.3) is 0 Å². The average Bonchev–Trinajstić information content (AvgIpc) is 2.58. The second-order valence-corrected chi connectivity index (χ2v) is 7.16. The quantitative estimate of drug-likeness (QED) is 0.255. The minimum atomic E-state index is -0.653. The van der Waals surface area contributed by atoms with Gasteiger partial charge in [-0.2, -0.15) is 0 Å². The van der Waals surface area contributed by atoms with Gasteiger partial charge in [-0.05, 0) is 6.42 Å². The van der Waals surface area contributed by atoms with E-state index in [9.17, 15) is 9.59 Å². The molecule has 0 fully saturated rings. The standard InChI is InChI=1S/C18H36O2.C3H7NO/c1-2-3-4-5-6-7-8-9-10-11-12-13-14-15-16-17-18(19)20;1-4(2)3-5/h2-17H2,1H3,(H,19,20);3H,1-2H3. The minimum absolute atomic E-state index is 0.345. The number of carboxylic acids is 1. The molecule has 0 unspecified atom stereocenters. The minimum Gasteiger partial charge on any atom is -0.481 e. The van der Waals surface area contributed by atoms with Crippen molar-refractivity contribution >= 4 is 12.4 Å². The molecule has 4 nitrogen and oxygen atoms in total. The lowest BCUT2D eigenvalue weighted by Crippen LogP contribution is -2.06. The number of nitrogens with zero attached hydrogens (tertiary/aromatic N) is 1. The Morgan fingerprint density at radius 3 is 1.24 bits per heavy atom. The van der Waals surface area contributed by atoms with Crippen LogP contribution >= 0.6 is 0 Å². The van der Waals surface area contributed by atoms with Crippen LogP contribution in [0.3, 0.4) is 0 Å². The summed E-state index contributed by atoms with van der Waals surface area (Å²) in [6.07, 6.45) is 20.9. The first-order valence-corrected chi connectivity index (χ1v) is 10.4. The molecular weight excluding hydrogens is 314 g/mol. The molecule has 0 heterocycles. The highest BCUT2D eigenvalue weighted by Crippen LogP contribution is 2.13. The molecule has 0 radical (unpaired) electrons. The first-order valence-electron chi connectivity index (χ1n) is 10.4. The summed E-state index contributed by atoms with van der Waals surface area (Å²) in [6.45, 7) is 2.27. The fourth-order valence-corrected chi connectivity index (χ4v) is 2.65. The molecule has 0 aromatic rings. The van der Waals surface area contributed by atoms with Crippen molar-refractivity contribution in [1.82, 2.24) is 4.90 Å². The molecule has 0 aliphatic rings. The van der Waals surface area contributed by atoms with Crippen LogP contribution in [0.15, 0.2) is 0 Å². The van der Waals surface area contributed by atoms with Crippen LogP contribution in [0, 0.1) is 0 Å². The Hall–Kier alpha value is -1.06. The largest absolute Gasteiger partial charge is 0.481 e. The second-order valence-electron chi connectivity index (χ2n) is 7.16. The van der Waals surface area contributed by atoms with Gasteiger partial charge in [0.05, 0.1) is 0 Å². The van der Waals surface area contributed by atoms with Gasteiger partial charge in [0.1, 0.15) is 0 Å². The van der Waals surface area contributed by atoms with Crippen molar-refractivity contribution < 1.29 is 14.7 Å². The van der Waals surface area contributed by atoms with Crippen molar-refractivity contribution in [2.24, 2.45) is 0 Å². The summed E-state index contributed by atoms with van der Waals surface area (Å²) in [5.74, 6) is -0.653. The summed E-state index contributed by atoms with van der Waals surface area (Å²) in [5.41, 5.74) is 0. The molecule has 0 bridgehead atoms. The topological polar surface area (TPSA) is 57.6 Å². The first kappa shape index (κ1) is 26.2. The number of carboxylic acid groups (broad SMARTS) is 1. The number of amides is 1. The van der Waals surface area contributed by atoms with Crippen LogP contribution < -0.4 is 0 Å². The zero-order valence-electron chi connectivity index (χ0n) is 17.1. The van der Waals surface area contributed by atoms with Crippen molar-refractivity contribution in [1.29, 1.82) is 0 Å². The van der Waals surface area contributed by atoms with Crippen LogP contribution in [-0.4, -0.2) is 36.5 Å². The van der Waals surface area contributed by atoms with E-state index in [0.29, 0.717) is 6.42 Å². The van der Waals surface area contributed by atoms with Gasteiger partial charge in [0, 0.05) is 20.5 Å². The summed E-state index contributed by atoms with van der Waals surface area (Å²) in [5, 5.41) is 8.52. The van der Waals surface area contributed by atoms with E-state index in [1.807, 2.05) is 0 Å². The number of aliphatic carboxylic acids is 1. The maximum absolute atomic E-state index is 10.3. The maximum atomic E-state index is 10.3. The molecule has 0 aromatic heterocycles. The van der Waals surface area contributed by atoms with E-state index in [-0.39, 0.29) is 0 Å². The van der Waals surface area contributed by atoms with Gasteiger partial charge in [-0.1, -0.05) is 96.8 Å². The third kappa shape index (κ3) is 31.3. The Bertz CT molecular complexity index is 280. The third-order valence-corrected chi connectivity index (χ3v) is 4.21. The first-order chi connectivity index (χ1) is 12.0. The Morgan fingerprint density at radius 2 is 1.00 bits per heavy atom. The zero-order chi connectivity index (χ0) is 19.2. The van der Waals surface area contributed by atoms with E-state index in [1.165, 1.54) is 88.4 Å². The summed E-state index contributed by atoms with van der Waals surface area (Å²) in [4.78, 5) is 21.2. The monoisotopic (exact) mass is 357 g/mol. The highest BCUT2D eigenvalue weighted by atomic mass is 16.4. The molecule has 0 aliphatic heterocycles. The molecular formula is C21H43NO3. The number of carbonyl (C=O) groups excluding carboxylic acids is 1. The average molecular weight is 358 g/mol. The lowest BCUT2D eigenvalue weighted by atomic mass is 10.0. The Balaban J connectivity index is 0. The van der Waals surface area contributed by atoms with E-state index in [4.69, 9.17) is 5.11 Å². The predicted octanol–water partition coefficient (Wildman–Crippen LogP) is 6.04. The Labute approximate surface area is 156 Å². The maximum Gasteiger partial charge on any atom is 0.303 e. The molecule has 0 aliphatic carbocycles. The van der Waals surface area contributed by atoms with E-state index >= 15 is 0 Å². The molecule has 4 heteroatoms. The zero-order valence-corrected chi connectivity index (χ0v) is 17.1. The fourth-order valence-electron chi connectivity index (χ4n) is 2.65. The van der Waals surface area contributed by atoms with Crippen LogP contribution in [0.4, 0.5) is 0 Å². The summed E-state index contributed by atoms with van der Waals surface area (Å²) >= 11 is 0. The van der Waals surface area contributed by atoms with Crippen molar-refractivity contribution in [2.45, 2.75) is 110 Å². The summed E-state index contributed by atoms with van der Waals surface area (Å²) in [6, 6.07) is 0. The van der Waals surface area contributed by atoms with Crippen LogP contribution in [0.2, 0.25) is 0 Å². The highest BCUT2D eigenvalue weighted by molar-refractivity contribution is 5.66. The molecule has 0 saturated heterocycles. The van der Waals surface area contributed by atoms with Gasteiger partial charge in [-0.3, -0.25) is 9.59 Å². The van der Waals surface area contributed by atoms with E-state index in [1.54, 1.807) is 14.1 Å².